The van der Waals surface area contributed by atoms with Crippen molar-refractivity contribution >= 4 is 23.9 Å². The van der Waals surface area contributed by atoms with Crippen LogP contribution in [0.4, 0.5) is 4.79 Å². The van der Waals surface area contributed by atoms with Crippen LogP contribution in [0.25, 0.3) is 11.1 Å². The first-order chi connectivity index (χ1) is 16.2. The fraction of sp³-hybridized carbons (Fsp3) is 0.360. The Morgan fingerprint density at radius 1 is 0.882 bits per heavy atom. The van der Waals surface area contributed by atoms with Gasteiger partial charge in [0.1, 0.15) is 25.2 Å². The highest BCUT2D eigenvalue weighted by molar-refractivity contribution is 5.92. The molecule has 180 valence electrons. The van der Waals surface area contributed by atoms with Crippen LogP contribution < -0.4 is 16.0 Å². The van der Waals surface area contributed by atoms with E-state index in [-0.39, 0.29) is 18.4 Å². The zero-order chi connectivity index (χ0) is 24.8. The first-order valence-electron chi connectivity index (χ1n) is 11.1. The van der Waals surface area contributed by atoms with Crippen molar-refractivity contribution in [3.8, 4) is 11.1 Å². The van der Waals surface area contributed by atoms with Gasteiger partial charge >= 0.3 is 12.1 Å². The Morgan fingerprint density at radius 3 is 1.97 bits per heavy atom. The highest BCUT2D eigenvalue weighted by Gasteiger charge is 2.31. The third kappa shape index (κ3) is 5.72. The summed E-state index contributed by atoms with van der Waals surface area (Å²) >= 11 is 0. The molecule has 3 amide bonds. The first-order valence-corrected chi connectivity index (χ1v) is 11.1. The van der Waals surface area contributed by atoms with Crippen LogP contribution in [0, 0.1) is 5.92 Å². The Kier molecular flexibility index (Phi) is 7.88. The molecule has 0 aromatic heterocycles. The fourth-order valence-electron chi connectivity index (χ4n) is 3.99. The maximum atomic E-state index is 12.7. The van der Waals surface area contributed by atoms with Crippen LogP contribution in [0.3, 0.4) is 0 Å². The van der Waals surface area contributed by atoms with Gasteiger partial charge in [-0.05, 0) is 35.1 Å². The monoisotopic (exact) mass is 467 g/mol. The quantitative estimate of drug-likeness (QED) is 0.447. The summed E-state index contributed by atoms with van der Waals surface area (Å²) in [6.07, 6.45) is -0.737. The molecule has 0 spiro atoms. The Morgan fingerprint density at radius 2 is 1.44 bits per heavy atom. The second kappa shape index (κ2) is 10.8. The second-order valence-corrected chi connectivity index (χ2v) is 8.53. The highest BCUT2D eigenvalue weighted by atomic mass is 16.5. The molecule has 2 aromatic carbocycles. The smallest absolute Gasteiger partial charge is 0.407 e. The Bertz CT molecular complexity index is 1040. The third-order valence-corrected chi connectivity index (χ3v) is 5.73. The number of hydrogen-bond acceptors (Lipinski definition) is 5. The molecule has 2 aromatic rings. The molecule has 4 N–H and O–H groups in total. The number of nitrogens with one attached hydrogen (secondary N) is 3. The molecule has 1 aliphatic rings. The van der Waals surface area contributed by atoms with E-state index >= 15 is 0 Å². The van der Waals surface area contributed by atoms with E-state index in [2.05, 4.69) is 16.0 Å². The van der Waals surface area contributed by atoms with E-state index in [0.717, 1.165) is 22.3 Å². The lowest BCUT2D eigenvalue weighted by molar-refractivity contribution is -0.138. The molecule has 1 aliphatic carbocycles. The summed E-state index contributed by atoms with van der Waals surface area (Å²) in [7, 11) is 0. The number of fused-ring (bicyclic) bond motifs is 3. The number of carboxylic acids is 1. The molecular formula is C25H29N3O6. The molecule has 0 saturated heterocycles. The molecule has 0 saturated carbocycles. The number of amides is 3. The van der Waals surface area contributed by atoms with Gasteiger partial charge in [0.2, 0.25) is 11.8 Å². The maximum absolute atomic E-state index is 12.7. The summed E-state index contributed by atoms with van der Waals surface area (Å²) < 4.78 is 5.51. The summed E-state index contributed by atoms with van der Waals surface area (Å²) in [5.74, 6) is -2.79. The number of alkyl carbamates (subject to hydrolysis) is 1. The van der Waals surface area contributed by atoms with Crippen molar-refractivity contribution in [3.63, 3.8) is 0 Å². The Labute approximate surface area is 197 Å². The van der Waals surface area contributed by atoms with E-state index < -0.39 is 42.5 Å². The predicted octanol–water partition coefficient (Wildman–Crippen LogP) is 2.26. The van der Waals surface area contributed by atoms with Crippen molar-refractivity contribution in [3.05, 3.63) is 59.7 Å². The number of carboxylic acid groups (broad SMARTS) is 1. The van der Waals surface area contributed by atoms with Crippen molar-refractivity contribution in [2.24, 2.45) is 5.92 Å². The number of benzene rings is 2. The highest BCUT2D eigenvalue weighted by Crippen LogP contribution is 2.44. The normalized spacial score (nSPS) is 13.9. The molecule has 9 nitrogen and oxygen atoms in total. The van der Waals surface area contributed by atoms with E-state index in [1.54, 1.807) is 13.8 Å². The lowest BCUT2D eigenvalue weighted by atomic mass is 9.98. The fourth-order valence-corrected chi connectivity index (χ4v) is 3.99. The van der Waals surface area contributed by atoms with Gasteiger partial charge < -0.3 is 25.8 Å². The summed E-state index contributed by atoms with van der Waals surface area (Å²) in [6.45, 7) is 4.50. The molecule has 0 aliphatic heterocycles. The molecule has 3 rings (SSSR count). The van der Waals surface area contributed by atoms with Gasteiger partial charge in [-0.25, -0.2) is 4.79 Å². The van der Waals surface area contributed by atoms with Gasteiger partial charge in [0.05, 0.1) is 0 Å². The second-order valence-electron chi connectivity index (χ2n) is 8.53. The van der Waals surface area contributed by atoms with Crippen molar-refractivity contribution in [1.82, 2.24) is 16.0 Å². The molecule has 0 radical (unpaired) electrons. The maximum Gasteiger partial charge on any atom is 0.407 e. The lowest BCUT2D eigenvalue weighted by Crippen LogP contribution is -2.54. The minimum Gasteiger partial charge on any atom is -0.480 e. The van der Waals surface area contributed by atoms with Gasteiger partial charge in [-0.3, -0.25) is 14.4 Å². The first kappa shape index (κ1) is 24.8. The van der Waals surface area contributed by atoms with E-state index in [1.165, 1.54) is 6.92 Å². The van der Waals surface area contributed by atoms with Gasteiger partial charge in [0.25, 0.3) is 0 Å². The van der Waals surface area contributed by atoms with Crippen LogP contribution >= 0.6 is 0 Å². The molecule has 0 fully saturated rings. The molecule has 0 unspecified atom stereocenters. The minimum absolute atomic E-state index is 0.109. The van der Waals surface area contributed by atoms with E-state index in [0.29, 0.717) is 0 Å². The molecule has 34 heavy (non-hydrogen) atoms. The molecule has 0 heterocycles. The third-order valence-electron chi connectivity index (χ3n) is 5.73. The summed E-state index contributed by atoms with van der Waals surface area (Å²) in [5.41, 5.74) is 4.38. The van der Waals surface area contributed by atoms with Crippen LogP contribution in [-0.4, -0.2) is 54.2 Å². The van der Waals surface area contributed by atoms with Gasteiger partial charge in [0.15, 0.2) is 0 Å². The molecule has 2 atom stereocenters. The summed E-state index contributed by atoms with van der Waals surface area (Å²) in [5, 5.41) is 15.9. The van der Waals surface area contributed by atoms with Crippen molar-refractivity contribution < 1.29 is 29.0 Å². The minimum atomic E-state index is -1.19. The molecular weight excluding hydrogens is 438 g/mol. The van der Waals surface area contributed by atoms with E-state index in [4.69, 9.17) is 9.84 Å². The van der Waals surface area contributed by atoms with E-state index in [9.17, 15) is 19.2 Å². The average Bonchev–Trinajstić information content (AvgIpc) is 3.13. The van der Waals surface area contributed by atoms with Gasteiger partial charge in [-0.15, -0.1) is 0 Å². The Hall–Kier alpha value is -3.88. The number of carbonyl (C=O) groups excluding carboxylic acids is 3. The van der Waals surface area contributed by atoms with Gasteiger partial charge in [0, 0.05) is 5.92 Å². The number of ether oxygens (including phenoxy) is 1. The van der Waals surface area contributed by atoms with Crippen LogP contribution in [0.1, 0.15) is 37.8 Å². The number of aliphatic carboxylic acids is 1. The van der Waals surface area contributed by atoms with Crippen LogP contribution in [0.5, 0.6) is 0 Å². The van der Waals surface area contributed by atoms with Crippen LogP contribution in [-0.2, 0) is 19.1 Å². The summed E-state index contributed by atoms with van der Waals surface area (Å²) in [6, 6.07) is 14.0. The molecule has 0 bridgehead atoms. The van der Waals surface area contributed by atoms with Crippen LogP contribution in [0.15, 0.2) is 48.5 Å². The van der Waals surface area contributed by atoms with Crippen molar-refractivity contribution in [1.29, 1.82) is 0 Å². The molecule has 9 heteroatoms. The lowest BCUT2D eigenvalue weighted by Gasteiger charge is -2.24. The standard InChI is InChI=1S/C25H29N3O6/c1-14(2)22(24(32)27-15(3)23(31)26-12-21(29)30)28-25(33)34-13-20-18-10-6-4-8-16(18)17-9-5-7-11-19(17)20/h4-11,14-15,20,22H,12-13H2,1-3H3,(H,26,31)(H,27,32)(H,28,33)(H,29,30)/t15-,22-/m0/s1. The number of rotatable bonds is 9. The SMILES string of the molecule is CC(C)[C@H](NC(=O)OCC1c2ccccc2-c2ccccc21)C(=O)N[C@@H](C)C(=O)NCC(=O)O. The number of hydrogen-bond donors (Lipinski definition) is 4. The Balaban J connectivity index is 1.60. The predicted molar refractivity (Wildman–Crippen MR) is 125 cm³/mol. The number of carbonyl (C=O) groups is 4. The zero-order valence-corrected chi connectivity index (χ0v) is 19.3. The average molecular weight is 468 g/mol. The van der Waals surface area contributed by atoms with E-state index in [1.807, 2.05) is 48.5 Å². The van der Waals surface area contributed by atoms with Crippen molar-refractivity contribution in [2.75, 3.05) is 13.2 Å². The van der Waals surface area contributed by atoms with Crippen LogP contribution in [0.2, 0.25) is 0 Å². The zero-order valence-electron chi connectivity index (χ0n) is 19.3. The van der Waals surface area contributed by atoms with Gasteiger partial charge in [-0.1, -0.05) is 62.4 Å². The van der Waals surface area contributed by atoms with Crippen molar-refractivity contribution in [2.45, 2.75) is 38.8 Å². The van der Waals surface area contributed by atoms with Gasteiger partial charge in [-0.2, -0.15) is 0 Å². The largest absolute Gasteiger partial charge is 0.480 e. The topological polar surface area (TPSA) is 134 Å². The summed E-state index contributed by atoms with van der Waals surface area (Å²) in [4.78, 5) is 47.8.